The molecule has 1 N–H and O–H groups in total. The van der Waals surface area contributed by atoms with E-state index in [0.29, 0.717) is 6.07 Å². The van der Waals surface area contributed by atoms with Crippen molar-refractivity contribution in [1.82, 2.24) is 4.98 Å². The van der Waals surface area contributed by atoms with Crippen LogP contribution in [0.25, 0.3) is 0 Å². The number of amides is 1. The zero-order chi connectivity index (χ0) is 26.5. The number of halogens is 4. The van der Waals surface area contributed by atoms with Gasteiger partial charge in [0.25, 0.3) is 5.91 Å². The third kappa shape index (κ3) is 6.29. The van der Waals surface area contributed by atoms with E-state index in [1.165, 1.54) is 32.4 Å². The van der Waals surface area contributed by atoms with Gasteiger partial charge in [-0.05, 0) is 56.3 Å². The van der Waals surface area contributed by atoms with Crippen LogP contribution in [0.15, 0.2) is 54.7 Å². The molecule has 0 bridgehead atoms. The highest BCUT2D eigenvalue weighted by Gasteiger charge is 2.32. The number of pyridine rings is 1. The SMILES string of the molecule is CCOC(=O)C(C)c1cc(F)ccc1Oc1cc(C(F)(F)F)ccc1C(=O)Nc1ccnc(OC)c1. The Bertz CT molecular complexity index is 1260. The van der Waals surface area contributed by atoms with Gasteiger partial charge >= 0.3 is 12.1 Å². The first kappa shape index (κ1) is 26.5. The molecule has 0 saturated heterocycles. The number of alkyl halides is 3. The molecule has 1 aromatic heterocycles. The highest BCUT2D eigenvalue weighted by atomic mass is 19.4. The van der Waals surface area contributed by atoms with Gasteiger partial charge in [0, 0.05) is 23.5 Å². The predicted molar refractivity (Wildman–Crippen MR) is 122 cm³/mol. The minimum atomic E-state index is -4.73. The van der Waals surface area contributed by atoms with Crippen LogP contribution >= 0.6 is 0 Å². The zero-order valence-electron chi connectivity index (χ0n) is 19.5. The van der Waals surface area contributed by atoms with Gasteiger partial charge in [0.1, 0.15) is 17.3 Å². The highest BCUT2D eigenvalue weighted by molar-refractivity contribution is 6.06. The first-order chi connectivity index (χ1) is 17.0. The van der Waals surface area contributed by atoms with Crippen molar-refractivity contribution >= 4 is 17.6 Å². The number of ether oxygens (including phenoxy) is 3. The molecule has 1 atom stereocenters. The van der Waals surface area contributed by atoms with Crippen molar-refractivity contribution in [2.24, 2.45) is 0 Å². The van der Waals surface area contributed by atoms with Crippen molar-refractivity contribution < 1.29 is 41.4 Å². The second kappa shape index (κ2) is 11.1. The number of carbonyl (C=O) groups is 2. The molecule has 1 heterocycles. The van der Waals surface area contributed by atoms with Gasteiger partial charge in [0.2, 0.25) is 5.88 Å². The number of nitrogens with zero attached hydrogens (tertiary/aromatic N) is 1. The molecule has 3 rings (SSSR count). The summed E-state index contributed by atoms with van der Waals surface area (Å²) < 4.78 is 70.0. The lowest BCUT2D eigenvalue weighted by Gasteiger charge is -2.19. The molecule has 0 spiro atoms. The quantitative estimate of drug-likeness (QED) is 0.300. The number of hydrogen-bond donors (Lipinski definition) is 1. The van der Waals surface area contributed by atoms with Gasteiger partial charge in [0.15, 0.2) is 0 Å². The monoisotopic (exact) mass is 506 g/mol. The second-order valence-corrected chi connectivity index (χ2v) is 7.51. The Morgan fingerprint density at radius 3 is 2.47 bits per heavy atom. The summed E-state index contributed by atoms with van der Waals surface area (Å²) in [5.74, 6) is -3.51. The first-order valence-electron chi connectivity index (χ1n) is 10.7. The molecule has 1 amide bonds. The summed E-state index contributed by atoms with van der Waals surface area (Å²) in [4.78, 5) is 29.2. The van der Waals surface area contributed by atoms with Gasteiger partial charge in [0.05, 0.1) is 30.8 Å². The van der Waals surface area contributed by atoms with Crippen LogP contribution in [0.5, 0.6) is 17.4 Å². The van der Waals surface area contributed by atoms with E-state index in [1.54, 1.807) is 6.92 Å². The smallest absolute Gasteiger partial charge is 0.416 e. The topological polar surface area (TPSA) is 86.8 Å². The minimum absolute atomic E-state index is 0.0380. The van der Waals surface area contributed by atoms with E-state index >= 15 is 0 Å². The zero-order valence-corrected chi connectivity index (χ0v) is 19.5. The first-order valence-corrected chi connectivity index (χ1v) is 10.7. The lowest BCUT2D eigenvalue weighted by atomic mass is 10.00. The lowest BCUT2D eigenvalue weighted by molar-refractivity contribution is -0.144. The van der Waals surface area contributed by atoms with Crippen LogP contribution in [0.2, 0.25) is 0 Å². The molecule has 190 valence electrons. The number of methoxy groups -OCH3 is 1. The molecular weight excluding hydrogens is 484 g/mol. The number of hydrogen-bond acceptors (Lipinski definition) is 6. The molecule has 36 heavy (non-hydrogen) atoms. The van der Waals surface area contributed by atoms with Crippen molar-refractivity contribution in [2.45, 2.75) is 25.9 Å². The van der Waals surface area contributed by atoms with Crippen molar-refractivity contribution in [2.75, 3.05) is 19.0 Å². The molecule has 0 aliphatic heterocycles. The van der Waals surface area contributed by atoms with Crippen molar-refractivity contribution in [3.8, 4) is 17.4 Å². The van der Waals surface area contributed by atoms with Crippen LogP contribution in [0.4, 0.5) is 23.2 Å². The van der Waals surface area contributed by atoms with Crippen LogP contribution in [0.1, 0.15) is 41.3 Å². The van der Waals surface area contributed by atoms with Gasteiger partial charge in [-0.15, -0.1) is 0 Å². The summed E-state index contributed by atoms with van der Waals surface area (Å²) >= 11 is 0. The standard InChI is InChI=1S/C25H22F4N2O5/c1-4-35-24(33)14(2)19-12-16(26)6-8-20(19)36-21-11-15(25(27,28)29)5-7-18(21)23(32)31-17-9-10-30-22(13-17)34-3/h5-14H,4H2,1-3H3,(H,30,31,32). The van der Waals surface area contributed by atoms with E-state index < -0.39 is 41.1 Å². The average Bonchev–Trinajstić information content (AvgIpc) is 2.84. The third-order valence-electron chi connectivity index (χ3n) is 5.05. The Labute approximate surface area is 204 Å². The van der Waals surface area contributed by atoms with E-state index in [0.717, 1.165) is 30.3 Å². The number of rotatable bonds is 8. The van der Waals surface area contributed by atoms with Crippen LogP contribution in [0, 0.1) is 5.82 Å². The number of carbonyl (C=O) groups excluding carboxylic acids is 2. The maximum Gasteiger partial charge on any atom is 0.416 e. The summed E-state index contributed by atoms with van der Waals surface area (Å²) in [5.41, 5.74) is -0.994. The molecule has 11 heteroatoms. The number of aromatic nitrogens is 1. The molecule has 1 unspecified atom stereocenters. The molecule has 0 fully saturated rings. The summed E-state index contributed by atoms with van der Waals surface area (Å²) in [6.07, 6.45) is -3.35. The fraction of sp³-hybridized carbons (Fsp3) is 0.240. The van der Waals surface area contributed by atoms with Crippen LogP contribution in [-0.4, -0.2) is 30.6 Å². The molecule has 0 aliphatic rings. The van der Waals surface area contributed by atoms with Crippen molar-refractivity contribution in [1.29, 1.82) is 0 Å². The predicted octanol–water partition coefficient (Wildman–Crippen LogP) is 5.96. The molecule has 0 radical (unpaired) electrons. The third-order valence-corrected chi connectivity index (χ3v) is 5.05. The van der Waals surface area contributed by atoms with E-state index in [4.69, 9.17) is 14.2 Å². The Hall–Kier alpha value is -4.15. The Balaban J connectivity index is 2.04. The number of anilines is 1. The lowest BCUT2D eigenvalue weighted by Crippen LogP contribution is -2.16. The van der Waals surface area contributed by atoms with Gasteiger partial charge in [-0.2, -0.15) is 13.2 Å². The summed E-state index contributed by atoms with van der Waals surface area (Å²) in [6.45, 7) is 3.11. The summed E-state index contributed by atoms with van der Waals surface area (Å²) in [7, 11) is 1.38. The fourth-order valence-corrected chi connectivity index (χ4v) is 3.23. The van der Waals surface area contributed by atoms with Crippen LogP contribution < -0.4 is 14.8 Å². The number of nitrogens with one attached hydrogen (secondary N) is 1. The Morgan fingerprint density at radius 2 is 1.81 bits per heavy atom. The molecule has 3 aromatic rings. The Kier molecular flexibility index (Phi) is 8.13. The van der Waals surface area contributed by atoms with E-state index in [-0.39, 0.29) is 35.1 Å². The summed E-state index contributed by atoms with van der Waals surface area (Å²) in [5, 5.41) is 2.54. The number of benzene rings is 2. The van der Waals surface area contributed by atoms with E-state index in [2.05, 4.69) is 10.3 Å². The largest absolute Gasteiger partial charge is 0.481 e. The van der Waals surface area contributed by atoms with Gasteiger partial charge < -0.3 is 19.5 Å². The molecule has 2 aromatic carbocycles. The molecular formula is C25H22F4N2O5. The van der Waals surface area contributed by atoms with Gasteiger partial charge in [-0.3, -0.25) is 9.59 Å². The van der Waals surface area contributed by atoms with E-state index in [1.807, 2.05) is 0 Å². The van der Waals surface area contributed by atoms with Gasteiger partial charge in [-0.25, -0.2) is 9.37 Å². The van der Waals surface area contributed by atoms with Crippen molar-refractivity contribution in [3.05, 3.63) is 77.2 Å². The average molecular weight is 506 g/mol. The molecule has 0 aliphatic carbocycles. The molecule has 7 nitrogen and oxygen atoms in total. The maximum atomic E-state index is 14.0. The van der Waals surface area contributed by atoms with Gasteiger partial charge in [-0.1, -0.05) is 0 Å². The van der Waals surface area contributed by atoms with Crippen molar-refractivity contribution in [3.63, 3.8) is 0 Å². The number of esters is 1. The summed E-state index contributed by atoms with van der Waals surface area (Å²) in [6, 6.07) is 8.44. The fourth-order valence-electron chi connectivity index (χ4n) is 3.23. The maximum absolute atomic E-state index is 14.0. The second-order valence-electron chi connectivity index (χ2n) is 7.51. The Morgan fingerprint density at radius 1 is 1.06 bits per heavy atom. The highest BCUT2D eigenvalue weighted by Crippen LogP contribution is 2.38. The molecule has 0 saturated carbocycles. The van der Waals surface area contributed by atoms with Crippen LogP contribution in [0.3, 0.4) is 0 Å². The minimum Gasteiger partial charge on any atom is -0.481 e. The normalized spacial score (nSPS) is 12.0. The van der Waals surface area contributed by atoms with Crippen LogP contribution in [-0.2, 0) is 15.7 Å². The van der Waals surface area contributed by atoms with E-state index in [9.17, 15) is 27.2 Å².